The van der Waals surface area contributed by atoms with Crippen molar-refractivity contribution in [3.05, 3.63) is 59.2 Å². The topological polar surface area (TPSA) is 93.8 Å². The molecule has 0 spiro atoms. The maximum atomic E-state index is 12.9. The van der Waals surface area contributed by atoms with Crippen molar-refractivity contribution in [3.63, 3.8) is 0 Å². The zero-order valence-corrected chi connectivity index (χ0v) is 16.5. The van der Waals surface area contributed by atoms with Crippen LogP contribution >= 0.6 is 0 Å². The van der Waals surface area contributed by atoms with E-state index in [4.69, 9.17) is 0 Å². The molecule has 2 amide bonds. The van der Waals surface area contributed by atoms with Crippen LogP contribution in [0.2, 0.25) is 0 Å². The third-order valence-electron chi connectivity index (χ3n) is 4.71. The number of amides is 2. The lowest BCUT2D eigenvalue weighted by molar-refractivity contribution is 0.101. The molecule has 28 heavy (non-hydrogen) atoms. The van der Waals surface area contributed by atoms with E-state index in [-0.39, 0.29) is 11.8 Å². The minimum absolute atomic E-state index is 0.287. The van der Waals surface area contributed by atoms with Crippen molar-refractivity contribution in [2.45, 2.75) is 33.7 Å². The number of aromatic nitrogens is 4. The number of anilines is 2. The van der Waals surface area contributed by atoms with Crippen LogP contribution in [0.15, 0.2) is 36.7 Å². The highest BCUT2D eigenvalue weighted by Crippen LogP contribution is 2.20. The Morgan fingerprint density at radius 3 is 2.18 bits per heavy atom. The molecular weight excluding hydrogens is 356 g/mol. The molecule has 0 unspecified atom stereocenters. The standard InChI is InChI=1S/C20H24N6O2/c1-5-14-7-9-15(10-8-14)19(27)24-17-12-22-26(6-2)18(17)20(28)23-16-11-21-25(4)13(16)3/h7-12H,5-6H2,1-4H3,(H,23,28)(H,24,27). The summed E-state index contributed by atoms with van der Waals surface area (Å²) in [5, 5.41) is 14.0. The number of benzene rings is 1. The predicted octanol–water partition coefficient (Wildman–Crippen LogP) is 3.01. The van der Waals surface area contributed by atoms with Crippen molar-refractivity contribution >= 4 is 23.2 Å². The van der Waals surface area contributed by atoms with E-state index in [0.29, 0.717) is 29.2 Å². The van der Waals surface area contributed by atoms with Crippen molar-refractivity contribution in [2.24, 2.45) is 7.05 Å². The average molecular weight is 380 g/mol. The zero-order valence-electron chi connectivity index (χ0n) is 16.5. The number of nitrogens with zero attached hydrogens (tertiary/aromatic N) is 4. The van der Waals surface area contributed by atoms with E-state index in [2.05, 4.69) is 27.8 Å². The highest BCUT2D eigenvalue weighted by atomic mass is 16.2. The van der Waals surface area contributed by atoms with E-state index in [1.165, 1.54) is 6.20 Å². The molecule has 0 saturated heterocycles. The monoisotopic (exact) mass is 380 g/mol. The van der Waals surface area contributed by atoms with Gasteiger partial charge in [-0.05, 0) is 38.0 Å². The SMILES string of the molecule is CCc1ccc(C(=O)Nc2cnn(CC)c2C(=O)Nc2cnn(C)c2C)cc1. The molecular formula is C20H24N6O2. The summed E-state index contributed by atoms with van der Waals surface area (Å²) in [6.07, 6.45) is 3.99. The van der Waals surface area contributed by atoms with E-state index in [9.17, 15) is 9.59 Å². The Labute approximate surface area is 163 Å². The number of carbonyl (C=O) groups excluding carboxylic acids is 2. The van der Waals surface area contributed by atoms with E-state index in [1.807, 2.05) is 26.0 Å². The van der Waals surface area contributed by atoms with Gasteiger partial charge in [0.2, 0.25) is 0 Å². The molecule has 0 saturated carbocycles. The van der Waals surface area contributed by atoms with Crippen LogP contribution in [0.25, 0.3) is 0 Å². The molecule has 1 aromatic carbocycles. The predicted molar refractivity (Wildman–Crippen MR) is 108 cm³/mol. The lowest BCUT2D eigenvalue weighted by Gasteiger charge is -2.10. The second kappa shape index (κ2) is 8.08. The fraction of sp³-hybridized carbons (Fsp3) is 0.300. The van der Waals surface area contributed by atoms with Gasteiger partial charge in [0.25, 0.3) is 11.8 Å². The Kier molecular flexibility index (Phi) is 5.58. The normalized spacial score (nSPS) is 10.7. The van der Waals surface area contributed by atoms with Gasteiger partial charge in [-0.1, -0.05) is 19.1 Å². The van der Waals surface area contributed by atoms with Crippen LogP contribution in [0.5, 0.6) is 0 Å². The molecule has 8 heteroatoms. The molecule has 0 radical (unpaired) electrons. The fourth-order valence-electron chi connectivity index (χ4n) is 2.85. The van der Waals surface area contributed by atoms with Crippen molar-refractivity contribution < 1.29 is 9.59 Å². The lowest BCUT2D eigenvalue weighted by Crippen LogP contribution is -2.21. The van der Waals surface area contributed by atoms with E-state index >= 15 is 0 Å². The Balaban J connectivity index is 1.84. The van der Waals surface area contributed by atoms with E-state index < -0.39 is 0 Å². The molecule has 0 aliphatic carbocycles. The van der Waals surface area contributed by atoms with Gasteiger partial charge < -0.3 is 10.6 Å². The summed E-state index contributed by atoms with van der Waals surface area (Å²) in [6.45, 7) is 6.30. The molecule has 0 aliphatic rings. The number of aryl methyl sites for hydroxylation is 3. The zero-order chi connectivity index (χ0) is 20.3. The highest BCUT2D eigenvalue weighted by molar-refractivity contribution is 6.11. The molecule has 0 fully saturated rings. The Morgan fingerprint density at radius 2 is 1.61 bits per heavy atom. The molecule has 8 nitrogen and oxygen atoms in total. The van der Waals surface area contributed by atoms with Crippen LogP contribution in [0, 0.1) is 6.92 Å². The Hall–Kier alpha value is -3.42. The first-order valence-electron chi connectivity index (χ1n) is 9.20. The Bertz CT molecular complexity index is 1000. The third-order valence-corrected chi connectivity index (χ3v) is 4.71. The molecule has 146 valence electrons. The van der Waals surface area contributed by atoms with Crippen molar-refractivity contribution in [1.29, 1.82) is 0 Å². The molecule has 0 bridgehead atoms. The van der Waals surface area contributed by atoms with Gasteiger partial charge in [-0.2, -0.15) is 10.2 Å². The van der Waals surface area contributed by atoms with Crippen LogP contribution < -0.4 is 10.6 Å². The number of hydrogen-bond donors (Lipinski definition) is 2. The van der Waals surface area contributed by atoms with Crippen molar-refractivity contribution in [2.75, 3.05) is 10.6 Å². The first kappa shape index (κ1) is 19.3. The Morgan fingerprint density at radius 1 is 0.964 bits per heavy atom. The molecule has 2 heterocycles. The summed E-state index contributed by atoms with van der Waals surface area (Å²) in [6, 6.07) is 7.39. The van der Waals surface area contributed by atoms with Crippen LogP contribution in [0.1, 0.15) is 46.0 Å². The molecule has 0 atom stereocenters. The minimum atomic E-state index is -0.355. The quantitative estimate of drug-likeness (QED) is 0.687. The maximum Gasteiger partial charge on any atom is 0.276 e. The maximum absolute atomic E-state index is 12.9. The van der Waals surface area contributed by atoms with Crippen LogP contribution in [-0.2, 0) is 20.0 Å². The van der Waals surface area contributed by atoms with Gasteiger partial charge in [-0.25, -0.2) is 0 Å². The average Bonchev–Trinajstić information content (AvgIpc) is 3.25. The second-order valence-corrected chi connectivity index (χ2v) is 6.45. The van der Waals surface area contributed by atoms with Crippen LogP contribution in [-0.4, -0.2) is 31.4 Å². The van der Waals surface area contributed by atoms with Gasteiger partial charge in [0.05, 0.1) is 29.5 Å². The summed E-state index contributed by atoms with van der Waals surface area (Å²) in [4.78, 5) is 25.5. The van der Waals surface area contributed by atoms with Gasteiger partial charge in [-0.15, -0.1) is 0 Å². The number of rotatable bonds is 6. The summed E-state index contributed by atoms with van der Waals surface area (Å²) < 4.78 is 3.23. The molecule has 3 aromatic rings. The first-order chi connectivity index (χ1) is 13.4. The summed E-state index contributed by atoms with van der Waals surface area (Å²) in [5.74, 6) is -0.642. The molecule has 2 aromatic heterocycles. The number of hydrogen-bond acceptors (Lipinski definition) is 4. The molecule has 0 aliphatic heterocycles. The molecule has 3 rings (SSSR count). The summed E-state index contributed by atoms with van der Waals surface area (Å²) in [5.41, 5.74) is 3.79. The molecule has 2 N–H and O–H groups in total. The fourth-order valence-corrected chi connectivity index (χ4v) is 2.85. The van der Waals surface area contributed by atoms with Gasteiger partial charge in [0.15, 0.2) is 0 Å². The van der Waals surface area contributed by atoms with E-state index in [0.717, 1.165) is 17.7 Å². The van der Waals surface area contributed by atoms with E-state index in [1.54, 1.807) is 34.7 Å². The van der Waals surface area contributed by atoms with Gasteiger partial charge in [-0.3, -0.25) is 19.0 Å². The summed E-state index contributed by atoms with van der Waals surface area (Å²) in [7, 11) is 1.80. The minimum Gasteiger partial charge on any atom is -0.319 e. The highest BCUT2D eigenvalue weighted by Gasteiger charge is 2.21. The number of nitrogens with one attached hydrogen (secondary N) is 2. The van der Waals surface area contributed by atoms with Gasteiger partial charge in [0.1, 0.15) is 5.69 Å². The van der Waals surface area contributed by atoms with Gasteiger partial charge >= 0.3 is 0 Å². The van der Waals surface area contributed by atoms with Crippen LogP contribution in [0.3, 0.4) is 0 Å². The number of carbonyl (C=O) groups is 2. The summed E-state index contributed by atoms with van der Waals surface area (Å²) >= 11 is 0. The largest absolute Gasteiger partial charge is 0.319 e. The smallest absolute Gasteiger partial charge is 0.276 e. The van der Waals surface area contributed by atoms with Crippen LogP contribution in [0.4, 0.5) is 11.4 Å². The van der Waals surface area contributed by atoms with Crippen molar-refractivity contribution in [3.8, 4) is 0 Å². The van der Waals surface area contributed by atoms with Gasteiger partial charge in [0, 0.05) is 19.2 Å². The first-order valence-corrected chi connectivity index (χ1v) is 9.20. The second-order valence-electron chi connectivity index (χ2n) is 6.45. The third kappa shape index (κ3) is 3.80. The van der Waals surface area contributed by atoms with Crippen molar-refractivity contribution in [1.82, 2.24) is 19.6 Å². The lowest BCUT2D eigenvalue weighted by atomic mass is 10.1.